The summed E-state index contributed by atoms with van der Waals surface area (Å²) in [5.41, 5.74) is -0.167. The minimum atomic E-state index is -0.687. The number of carboxylic acid groups (broad SMARTS) is 1. The topological polar surface area (TPSA) is 40.5 Å². The van der Waals surface area contributed by atoms with Crippen LogP contribution in [0.15, 0.2) is 0 Å². The summed E-state index contributed by atoms with van der Waals surface area (Å²) in [6, 6.07) is 0. The van der Waals surface area contributed by atoms with Crippen molar-refractivity contribution in [2.75, 3.05) is 13.1 Å². The Kier molecular flexibility index (Phi) is 2.30. The van der Waals surface area contributed by atoms with Crippen molar-refractivity contribution in [1.29, 1.82) is 0 Å². The lowest BCUT2D eigenvalue weighted by Crippen LogP contribution is -2.48. The monoisotopic (exact) mass is 197 g/mol. The quantitative estimate of drug-likeness (QED) is 0.746. The normalized spacial score (nSPS) is 32.4. The molecule has 0 spiro atoms. The first-order chi connectivity index (χ1) is 6.49. The Hall–Kier alpha value is -0.570. The summed E-state index contributed by atoms with van der Waals surface area (Å²) in [7, 11) is 0. The molecule has 1 saturated carbocycles. The molecule has 2 fully saturated rings. The van der Waals surface area contributed by atoms with Crippen LogP contribution < -0.4 is 0 Å². The van der Waals surface area contributed by atoms with Crippen molar-refractivity contribution in [2.24, 2.45) is 11.8 Å². The van der Waals surface area contributed by atoms with Crippen molar-refractivity contribution in [1.82, 2.24) is 4.90 Å². The standard InChI is InChI=1S/C11H19NO2/c1-11(2,6-10(13)14)12-4-3-8-5-9(8)7-12/h8-9H,3-7H2,1-2H3,(H,13,14). The van der Waals surface area contributed by atoms with Gasteiger partial charge in [0.2, 0.25) is 0 Å². The minimum absolute atomic E-state index is 0.167. The summed E-state index contributed by atoms with van der Waals surface area (Å²) >= 11 is 0. The second-order valence-corrected chi connectivity index (χ2v) is 5.37. The van der Waals surface area contributed by atoms with Crippen LogP contribution >= 0.6 is 0 Å². The molecule has 0 aromatic heterocycles. The molecule has 2 unspecified atom stereocenters. The van der Waals surface area contributed by atoms with Crippen LogP contribution in [-0.2, 0) is 4.79 Å². The van der Waals surface area contributed by atoms with E-state index in [4.69, 9.17) is 5.11 Å². The molecule has 1 aliphatic heterocycles. The van der Waals surface area contributed by atoms with E-state index in [9.17, 15) is 4.79 Å². The number of fused-ring (bicyclic) bond motifs is 1. The van der Waals surface area contributed by atoms with Crippen LogP contribution in [0.2, 0.25) is 0 Å². The highest BCUT2D eigenvalue weighted by atomic mass is 16.4. The van der Waals surface area contributed by atoms with Crippen LogP contribution in [0.1, 0.15) is 33.1 Å². The van der Waals surface area contributed by atoms with Gasteiger partial charge in [0.1, 0.15) is 0 Å². The molecule has 2 aliphatic rings. The lowest BCUT2D eigenvalue weighted by atomic mass is 9.95. The van der Waals surface area contributed by atoms with E-state index >= 15 is 0 Å². The SMILES string of the molecule is CC(C)(CC(=O)O)N1CCC2CC2C1. The fraction of sp³-hybridized carbons (Fsp3) is 0.909. The summed E-state index contributed by atoms with van der Waals surface area (Å²) in [5, 5.41) is 8.83. The Morgan fingerprint density at radius 1 is 1.50 bits per heavy atom. The summed E-state index contributed by atoms with van der Waals surface area (Å²) in [4.78, 5) is 13.1. The fourth-order valence-corrected chi connectivity index (χ4v) is 2.62. The van der Waals surface area contributed by atoms with Crippen LogP contribution in [0.25, 0.3) is 0 Å². The first-order valence-electron chi connectivity index (χ1n) is 5.46. The number of hydrogen-bond donors (Lipinski definition) is 1. The maximum Gasteiger partial charge on any atom is 0.305 e. The van der Waals surface area contributed by atoms with E-state index in [1.807, 2.05) is 13.8 Å². The summed E-state index contributed by atoms with van der Waals surface area (Å²) in [6.07, 6.45) is 2.90. The van der Waals surface area contributed by atoms with Crippen LogP contribution in [0.4, 0.5) is 0 Å². The molecule has 80 valence electrons. The highest BCUT2D eigenvalue weighted by Gasteiger charge is 2.44. The Morgan fingerprint density at radius 3 is 2.79 bits per heavy atom. The van der Waals surface area contributed by atoms with Gasteiger partial charge in [-0.1, -0.05) is 0 Å². The minimum Gasteiger partial charge on any atom is -0.481 e. The van der Waals surface area contributed by atoms with Gasteiger partial charge in [0.25, 0.3) is 0 Å². The Morgan fingerprint density at radius 2 is 2.21 bits per heavy atom. The lowest BCUT2D eigenvalue weighted by molar-refractivity contribution is -0.140. The van der Waals surface area contributed by atoms with Gasteiger partial charge in [0.15, 0.2) is 0 Å². The van der Waals surface area contributed by atoms with Gasteiger partial charge in [-0.05, 0) is 45.1 Å². The van der Waals surface area contributed by atoms with Crippen LogP contribution in [0.5, 0.6) is 0 Å². The zero-order chi connectivity index (χ0) is 10.3. The molecule has 0 amide bonds. The summed E-state index contributed by atoms with van der Waals surface area (Å²) < 4.78 is 0. The van der Waals surface area contributed by atoms with E-state index in [2.05, 4.69) is 4.90 Å². The third kappa shape index (κ3) is 1.92. The highest BCUT2D eigenvalue weighted by molar-refractivity contribution is 5.68. The van der Waals surface area contributed by atoms with Crippen LogP contribution in [0.3, 0.4) is 0 Å². The van der Waals surface area contributed by atoms with E-state index in [-0.39, 0.29) is 12.0 Å². The molecule has 1 heterocycles. The van der Waals surface area contributed by atoms with Gasteiger partial charge in [-0.3, -0.25) is 9.69 Å². The van der Waals surface area contributed by atoms with Gasteiger partial charge >= 0.3 is 5.97 Å². The predicted octanol–water partition coefficient (Wildman–Crippen LogP) is 1.58. The summed E-state index contributed by atoms with van der Waals surface area (Å²) in [6.45, 7) is 6.29. The van der Waals surface area contributed by atoms with Gasteiger partial charge in [0.05, 0.1) is 6.42 Å². The second kappa shape index (κ2) is 3.23. The molecule has 1 N–H and O–H groups in total. The molecular weight excluding hydrogens is 178 g/mol. The van der Waals surface area contributed by atoms with Crippen LogP contribution in [-0.4, -0.2) is 34.6 Å². The number of nitrogens with zero attached hydrogens (tertiary/aromatic N) is 1. The first-order valence-corrected chi connectivity index (χ1v) is 5.46. The molecule has 0 aromatic rings. The van der Waals surface area contributed by atoms with Crippen molar-refractivity contribution in [2.45, 2.75) is 38.6 Å². The van der Waals surface area contributed by atoms with E-state index in [0.717, 1.165) is 24.9 Å². The smallest absolute Gasteiger partial charge is 0.305 e. The number of likely N-dealkylation sites (tertiary alicyclic amines) is 1. The molecule has 0 radical (unpaired) electrons. The maximum absolute atomic E-state index is 10.7. The predicted molar refractivity (Wildman–Crippen MR) is 54.1 cm³/mol. The lowest BCUT2D eigenvalue weighted by Gasteiger charge is -2.39. The van der Waals surface area contributed by atoms with E-state index in [1.165, 1.54) is 12.8 Å². The van der Waals surface area contributed by atoms with Gasteiger partial charge in [-0.25, -0.2) is 0 Å². The molecule has 1 saturated heterocycles. The Bertz CT molecular complexity index is 250. The molecule has 2 atom stereocenters. The maximum atomic E-state index is 10.7. The van der Waals surface area contributed by atoms with Gasteiger partial charge in [0, 0.05) is 12.1 Å². The fourth-order valence-electron chi connectivity index (χ4n) is 2.62. The van der Waals surface area contributed by atoms with Gasteiger partial charge in [-0.2, -0.15) is 0 Å². The first kappa shape index (κ1) is 9.97. The number of carbonyl (C=O) groups is 1. The average Bonchev–Trinajstić information content (AvgIpc) is 2.77. The number of hydrogen-bond acceptors (Lipinski definition) is 2. The average molecular weight is 197 g/mol. The molecule has 3 nitrogen and oxygen atoms in total. The van der Waals surface area contributed by atoms with Gasteiger partial charge < -0.3 is 5.11 Å². The molecule has 3 heteroatoms. The molecule has 0 aromatic carbocycles. The van der Waals surface area contributed by atoms with Crippen molar-refractivity contribution < 1.29 is 9.90 Å². The molecule has 14 heavy (non-hydrogen) atoms. The number of rotatable bonds is 3. The number of piperidine rings is 1. The van der Waals surface area contributed by atoms with Crippen molar-refractivity contribution in [3.63, 3.8) is 0 Å². The Labute approximate surface area is 85.1 Å². The van der Waals surface area contributed by atoms with E-state index in [0.29, 0.717) is 0 Å². The molecule has 1 aliphatic carbocycles. The molecule has 2 rings (SSSR count). The highest BCUT2D eigenvalue weighted by Crippen LogP contribution is 2.46. The molecular formula is C11H19NO2. The third-order valence-electron chi connectivity index (χ3n) is 3.73. The third-order valence-corrected chi connectivity index (χ3v) is 3.73. The number of carboxylic acids is 1. The second-order valence-electron chi connectivity index (χ2n) is 5.37. The molecule has 0 bridgehead atoms. The van der Waals surface area contributed by atoms with Gasteiger partial charge in [-0.15, -0.1) is 0 Å². The Balaban J connectivity index is 1.94. The zero-order valence-electron chi connectivity index (χ0n) is 8.99. The largest absolute Gasteiger partial charge is 0.481 e. The van der Waals surface area contributed by atoms with Crippen molar-refractivity contribution >= 4 is 5.97 Å². The van der Waals surface area contributed by atoms with E-state index in [1.54, 1.807) is 0 Å². The van der Waals surface area contributed by atoms with Crippen molar-refractivity contribution in [3.05, 3.63) is 0 Å². The van der Waals surface area contributed by atoms with Crippen molar-refractivity contribution in [3.8, 4) is 0 Å². The zero-order valence-corrected chi connectivity index (χ0v) is 8.99. The van der Waals surface area contributed by atoms with Crippen LogP contribution in [0, 0.1) is 11.8 Å². The van der Waals surface area contributed by atoms with E-state index < -0.39 is 5.97 Å². The number of aliphatic carboxylic acids is 1. The summed E-state index contributed by atoms with van der Waals surface area (Å²) in [5.74, 6) is 1.15.